The van der Waals surface area contributed by atoms with E-state index in [1.165, 1.54) is 5.56 Å². The van der Waals surface area contributed by atoms with Crippen molar-refractivity contribution in [2.24, 2.45) is 5.92 Å². The van der Waals surface area contributed by atoms with Crippen molar-refractivity contribution in [2.45, 2.75) is 45.4 Å². The Balaban J connectivity index is 1.35. The Kier molecular flexibility index (Phi) is 5.97. The molecule has 0 radical (unpaired) electrons. The van der Waals surface area contributed by atoms with Gasteiger partial charge < -0.3 is 9.64 Å². The fraction of sp³-hybridized carbons (Fsp3) is 0.478. The van der Waals surface area contributed by atoms with Crippen molar-refractivity contribution in [1.29, 1.82) is 0 Å². The van der Waals surface area contributed by atoms with Crippen molar-refractivity contribution in [3.8, 4) is 5.75 Å². The minimum atomic E-state index is 0.00102. The van der Waals surface area contributed by atoms with Crippen LogP contribution in [0.15, 0.2) is 36.7 Å². The zero-order valence-electron chi connectivity index (χ0n) is 17.9. The van der Waals surface area contributed by atoms with E-state index in [1.54, 1.807) is 18.0 Å². The molecule has 0 saturated carbocycles. The Labute approximate surface area is 177 Å². The van der Waals surface area contributed by atoms with E-state index in [2.05, 4.69) is 41.3 Å². The number of carbonyl (C=O) groups is 1. The molecule has 0 bridgehead atoms. The third-order valence-electron chi connectivity index (χ3n) is 6.04. The number of benzene rings is 1. The van der Waals surface area contributed by atoms with Crippen molar-refractivity contribution >= 4 is 11.6 Å². The van der Waals surface area contributed by atoms with E-state index in [0.29, 0.717) is 11.6 Å². The van der Waals surface area contributed by atoms with Gasteiger partial charge in [0.05, 0.1) is 7.11 Å². The molecule has 1 amide bonds. The van der Waals surface area contributed by atoms with E-state index in [9.17, 15) is 4.79 Å². The first-order valence-electron chi connectivity index (χ1n) is 10.7. The summed E-state index contributed by atoms with van der Waals surface area (Å²) in [5.74, 6) is 1.79. The Morgan fingerprint density at radius 1 is 1.20 bits per heavy atom. The summed E-state index contributed by atoms with van der Waals surface area (Å²) in [7, 11) is 1.69. The average Bonchev–Trinajstić information content (AvgIpc) is 3.26. The second-order valence-electron chi connectivity index (χ2n) is 8.36. The van der Waals surface area contributed by atoms with Crippen LogP contribution in [0.1, 0.15) is 60.6 Å². The minimum absolute atomic E-state index is 0.00102. The lowest BCUT2D eigenvalue weighted by Crippen LogP contribution is -2.39. The second kappa shape index (κ2) is 8.81. The molecule has 0 N–H and O–H groups in total. The Bertz CT molecular complexity index is 1000. The molecule has 7 heteroatoms. The van der Waals surface area contributed by atoms with Crippen LogP contribution >= 0.6 is 0 Å². The van der Waals surface area contributed by atoms with Gasteiger partial charge in [-0.1, -0.05) is 26.0 Å². The lowest BCUT2D eigenvalue weighted by atomic mass is 9.90. The van der Waals surface area contributed by atoms with Crippen molar-refractivity contribution in [2.75, 3.05) is 20.2 Å². The first-order chi connectivity index (χ1) is 14.5. The Hall–Kier alpha value is -2.96. The molecule has 0 unspecified atom stereocenters. The fourth-order valence-corrected chi connectivity index (χ4v) is 4.13. The van der Waals surface area contributed by atoms with Crippen LogP contribution in [-0.4, -0.2) is 50.8 Å². The van der Waals surface area contributed by atoms with Crippen LogP contribution in [0.2, 0.25) is 0 Å². The number of fused-ring (bicyclic) bond motifs is 1. The maximum atomic E-state index is 13.1. The molecule has 0 aliphatic carbocycles. The zero-order valence-corrected chi connectivity index (χ0v) is 17.9. The molecule has 1 saturated heterocycles. The highest BCUT2D eigenvalue weighted by Crippen LogP contribution is 2.25. The van der Waals surface area contributed by atoms with E-state index in [-0.39, 0.29) is 11.8 Å². The summed E-state index contributed by atoms with van der Waals surface area (Å²) in [4.78, 5) is 15.0. The monoisotopic (exact) mass is 407 g/mol. The number of ether oxygens (including phenoxy) is 1. The predicted octanol–water partition coefficient (Wildman–Crippen LogP) is 3.74. The molecule has 3 heterocycles. The molecular formula is C23H29N5O2. The number of amides is 1. The molecule has 1 aromatic carbocycles. The van der Waals surface area contributed by atoms with Gasteiger partial charge in [0.15, 0.2) is 5.65 Å². The number of piperidine rings is 1. The number of rotatable bonds is 6. The predicted molar refractivity (Wildman–Crippen MR) is 115 cm³/mol. The number of methoxy groups -OCH3 is 1. The van der Waals surface area contributed by atoms with E-state index in [0.717, 1.165) is 55.7 Å². The molecule has 7 nitrogen and oxygen atoms in total. The van der Waals surface area contributed by atoms with Crippen LogP contribution in [0.4, 0.5) is 0 Å². The third-order valence-corrected chi connectivity index (χ3v) is 6.04. The highest BCUT2D eigenvalue weighted by Gasteiger charge is 2.25. The topological polar surface area (TPSA) is 72.6 Å². The smallest absolute Gasteiger partial charge is 0.274 e. The summed E-state index contributed by atoms with van der Waals surface area (Å²) >= 11 is 0. The van der Waals surface area contributed by atoms with Gasteiger partial charge in [0.1, 0.15) is 17.8 Å². The lowest BCUT2D eigenvalue weighted by molar-refractivity contribution is 0.0679. The van der Waals surface area contributed by atoms with Crippen molar-refractivity contribution in [3.05, 3.63) is 53.5 Å². The summed E-state index contributed by atoms with van der Waals surface area (Å²) in [6, 6.07) is 10.2. The molecule has 30 heavy (non-hydrogen) atoms. The first kappa shape index (κ1) is 20.3. The molecule has 4 rings (SSSR count). The van der Waals surface area contributed by atoms with Crippen molar-refractivity contribution in [3.63, 3.8) is 0 Å². The van der Waals surface area contributed by atoms with Crippen molar-refractivity contribution in [1.82, 2.24) is 24.7 Å². The number of likely N-dealkylation sites (tertiary alicyclic amines) is 1. The molecule has 1 aliphatic heterocycles. The number of hydrogen-bond donors (Lipinski definition) is 0. The van der Waals surface area contributed by atoms with E-state index >= 15 is 0 Å². The zero-order chi connectivity index (χ0) is 21.1. The maximum Gasteiger partial charge on any atom is 0.274 e. The largest absolute Gasteiger partial charge is 0.497 e. The van der Waals surface area contributed by atoms with Gasteiger partial charge >= 0.3 is 0 Å². The normalized spacial score (nSPS) is 15.1. The van der Waals surface area contributed by atoms with E-state index in [1.807, 2.05) is 23.1 Å². The Morgan fingerprint density at radius 2 is 1.93 bits per heavy atom. The van der Waals surface area contributed by atoms with Gasteiger partial charge in [0.2, 0.25) is 0 Å². The van der Waals surface area contributed by atoms with Crippen molar-refractivity contribution < 1.29 is 9.53 Å². The van der Waals surface area contributed by atoms with Gasteiger partial charge in [-0.15, -0.1) is 10.2 Å². The SMILES string of the molecule is COc1ccc(CCC2CCN(C(=O)c3cc(C(C)C)c4nncn4n3)CC2)cc1. The molecule has 1 aliphatic rings. The summed E-state index contributed by atoms with van der Waals surface area (Å²) in [5.41, 5.74) is 3.53. The molecule has 0 atom stereocenters. The number of aromatic nitrogens is 4. The van der Waals surface area contributed by atoms with E-state index in [4.69, 9.17) is 4.74 Å². The van der Waals surface area contributed by atoms with Crippen LogP contribution in [0, 0.1) is 5.92 Å². The third kappa shape index (κ3) is 4.30. The van der Waals surface area contributed by atoms with Gasteiger partial charge in [0, 0.05) is 18.7 Å². The number of carbonyl (C=O) groups excluding carboxylic acids is 1. The molecule has 1 fully saturated rings. The van der Waals surface area contributed by atoms with Crippen LogP contribution in [0.25, 0.3) is 5.65 Å². The fourth-order valence-electron chi connectivity index (χ4n) is 4.13. The molecular weight excluding hydrogens is 378 g/mol. The summed E-state index contributed by atoms with van der Waals surface area (Å²) < 4.78 is 6.84. The molecule has 3 aromatic rings. The summed E-state index contributed by atoms with van der Waals surface area (Å²) in [5, 5.41) is 12.5. The van der Waals surface area contributed by atoms with Gasteiger partial charge in [-0.3, -0.25) is 4.79 Å². The lowest BCUT2D eigenvalue weighted by Gasteiger charge is -2.32. The molecule has 158 valence electrons. The van der Waals surface area contributed by atoms with Crippen LogP contribution in [0.3, 0.4) is 0 Å². The second-order valence-corrected chi connectivity index (χ2v) is 8.36. The first-order valence-corrected chi connectivity index (χ1v) is 10.7. The number of hydrogen-bond acceptors (Lipinski definition) is 5. The Morgan fingerprint density at radius 3 is 2.60 bits per heavy atom. The highest BCUT2D eigenvalue weighted by molar-refractivity contribution is 5.92. The average molecular weight is 408 g/mol. The van der Waals surface area contributed by atoms with Gasteiger partial charge in [0.25, 0.3) is 5.91 Å². The standard InChI is InChI=1S/C23H29N5O2/c1-16(2)20-14-21(26-28-15-24-25-22(20)28)23(29)27-12-10-18(11-13-27)5-4-17-6-8-19(30-3)9-7-17/h6-9,14-16,18H,4-5,10-13H2,1-3H3. The van der Waals surface area contributed by atoms with Crippen LogP contribution in [-0.2, 0) is 6.42 Å². The molecule has 0 spiro atoms. The van der Waals surface area contributed by atoms with Gasteiger partial charge in [-0.05, 0) is 61.3 Å². The van der Waals surface area contributed by atoms with Crippen LogP contribution < -0.4 is 4.74 Å². The van der Waals surface area contributed by atoms with Gasteiger partial charge in [-0.25, -0.2) is 0 Å². The van der Waals surface area contributed by atoms with Gasteiger partial charge in [-0.2, -0.15) is 9.61 Å². The minimum Gasteiger partial charge on any atom is -0.497 e. The molecule has 2 aromatic heterocycles. The summed E-state index contributed by atoms with van der Waals surface area (Å²) in [6.07, 6.45) is 5.84. The highest BCUT2D eigenvalue weighted by atomic mass is 16.5. The number of aryl methyl sites for hydroxylation is 1. The summed E-state index contributed by atoms with van der Waals surface area (Å²) in [6.45, 7) is 5.75. The van der Waals surface area contributed by atoms with E-state index < -0.39 is 0 Å². The van der Waals surface area contributed by atoms with Crippen LogP contribution in [0.5, 0.6) is 5.75 Å². The maximum absolute atomic E-state index is 13.1. The number of nitrogens with zero attached hydrogens (tertiary/aromatic N) is 5. The quantitative estimate of drug-likeness (QED) is 0.622.